The Hall–Kier alpha value is -3.97. The second kappa shape index (κ2) is 11.2. The van der Waals surface area contributed by atoms with Crippen LogP contribution < -0.4 is 15.0 Å². The van der Waals surface area contributed by atoms with Crippen LogP contribution in [0.4, 0.5) is 11.4 Å². The standard InChI is InChI=1S/C29H30N4O2S/c1-35-25-10-5-9-24(20-25)32-14-16-33(17-15-32)29(30-21-26-11-6-18-36-26)31-27-19-23(12-13-28(27)34)22-7-3-2-4-8-22/h2-13,18-20,34H,14-17,21H2,1H3,(H,30,31). The van der Waals surface area contributed by atoms with Gasteiger partial charge in [0.25, 0.3) is 0 Å². The zero-order chi connectivity index (χ0) is 24.7. The summed E-state index contributed by atoms with van der Waals surface area (Å²) in [6.07, 6.45) is 0. The van der Waals surface area contributed by atoms with E-state index < -0.39 is 0 Å². The molecule has 1 saturated heterocycles. The first-order chi connectivity index (χ1) is 17.7. The third-order valence-electron chi connectivity index (χ3n) is 6.31. The van der Waals surface area contributed by atoms with Gasteiger partial charge in [0.15, 0.2) is 5.96 Å². The first-order valence-electron chi connectivity index (χ1n) is 12.1. The van der Waals surface area contributed by atoms with Crippen molar-refractivity contribution < 1.29 is 9.84 Å². The number of phenolic OH excluding ortho intramolecular Hbond substituents is 1. The van der Waals surface area contributed by atoms with Gasteiger partial charge in [0.05, 0.1) is 19.3 Å². The second-order valence-electron chi connectivity index (χ2n) is 8.62. The molecule has 0 amide bonds. The lowest BCUT2D eigenvalue weighted by Crippen LogP contribution is -2.50. The molecule has 0 unspecified atom stereocenters. The number of hydrogen-bond acceptors (Lipinski definition) is 5. The van der Waals surface area contributed by atoms with E-state index in [-0.39, 0.29) is 5.75 Å². The predicted octanol–water partition coefficient (Wildman–Crippen LogP) is 5.92. The van der Waals surface area contributed by atoms with Gasteiger partial charge in [0.2, 0.25) is 0 Å². The molecule has 1 aliphatic heterocycles. The van der Waals surface area contributed by atoms with Crippen LogP contribution in [0.25, 0.3) is 11.1 Å². The fraction of sp³-hybridized carbons (Fsp3) is 0.207. The third kappa shape index (κ3) is 5.63. The van der Waals surface area contributed by atoms with Crippen molar-refractivity contribution in [3.05, 3.63) is 95.2 Å². The number of guanidine groups is 1. The summed E-state index contributed by atoms with van der Waals surface area (Å²) in [5.41, 5.74) is 3.95. The average Bonchev–Trinajstić information content (AvgIpc) is 3.46. The molecule has 5 rings (SSSR count). The number of hydrogen-bond donors (Lipinski definition) is 2. The van der Waals surface area contributed by atoms with Gasteiger partial charge >= 0.3 is 0 Å². The van der Waals surface area contributed by atoms with Gasteiger partial charge in [-0.3, -0.25) is 0 Å². The molecule has 7 heteroatoms. The minimum atomic E-state index is 0.202. The lowest BCUT2D eigenvalue weighted by molar-refractivity contribution is 0.382. The highest BCUT2D eigenvalue weighted by Crippen LogP contribution is 2.30. The molecule has 1 aromatic heterocycles. The molecule has 2 N–H and O–H groups in total. The van der Waals surface area contributed by atoms with E-state index in [1.807, 2.05) is 48.5 Å². The SMILES string of the molecule is COc1cccc(N2CCN(C(=NCc3cccs3)Nc3cc(-c4ccccc4)ccc3O)CC2)c1. The van der Waals surface area contributed by atoms with Crippen molar-refractivity contribution in [2.75, 3.05) is 43.5 Å². The normalized spacial score (nSPS) is 14.1. The van der Waals surface area contributed by atoms with Crippen molar-refractivity contribution in [1.82, 2.24) is 4.90 Å². The number of aromatic hydroxyl groups is 1. The number of nitrogens with zero attached hydrogens (tertiary/aromatic N) is 3. The van der Waals surface area contributed by atoms with Gasteiger partial charge in [-0.2, -0.15) is 0 Å². The predicted molar refractivity (Wildman–Crippen MR) is 149 cm³/mol. The Bertz CT molecular complexity index is 1300. The van der Waals surface area contributed by atoms with E-state index >= 15 is 0 Å². The Kier molecular flexibility index (Phi) is 7.38. The van der Waals surface area contributed by atoms with Gasteiger partial charge in [-0.15, -0.1) is 11.3 Å². The summed E-state index contributed by atoms with van der Waals surface area (Å²) in [6, 6.07) is 28.2. The van der Waals surface area contributed by atoms with Crippen LogP contribution in [0.1, 0.15) is 4.88 Å². The van der Waals surface area contributed by atoms with Crippen molar-refractivity contribution in [1.29, 1.82) is 0 Å². The van der Waals surface area contributed by atoms with Gasteiger partial charge in [-0.1, -0.05) is 48.5 Å². The minimum Gasteiger partial charge on any atom is -0.506 e. The van der Waals surface area contributed by atoms with E-state index in [1.54, 1.807) is 24.5 Å². The van der Waals surface area contributed by atoms with Crippen LogP contribution in [-0.4, -0.2) is 49.3 Å². The molecule has 6 nitrogen and oxygen atoms in total. The molecular weight excluding hydrogens is 468 g/mol. The molecule has 1 fully saturated rings. The summed E-state index contributed by atoms with van der Waals surface area (Å²) in [5, 5.41) is 16.2. The van der Waals surface area contributed by atoms with E-state index in [0.717, 1.165) is 54.7 Å². The summed E-state index contributed by atoms with van der Waals surface area (Å²) in [6.45, 7) is 3.94. The molecule has 0 atom stereocenters. The molecular formula is C29H30N4O2S. The number of nitrogens with one attached hydrogen (secondary N) is 1. The number of anilines is 2. The van der Waals surface area contributed by atoms with Gasteiger partial charge in [0, 0.05) is 42.8 Å². The Morgan fingerprint density at radius 2 is 1.75 bits per heavy atom. The second-order valence-corrected chi connectivity index (χ2v) is 9.65. The molecule has 2 heterocycles. The van der Waals surface area contributed by atoms with Crippen molar-refractivity contribution in [3.63, 3.8) is 0 Å². The first kappa shape index (κ1) is 23.8. The van der Waals surface area contributed by atoms with E-state index in [1.165, 1.54) is 4.88 Å². The van der Waals surface area contributed by atoms with Crippen molar-refractivity contribution in [2.24, 2.45) is 4.99 Å². The maximum atomic E-state index is 10.7. The zero-order valence-electron chi connectivity index (χ0n) is 20.3. The van der Waals surface area contributed by atoms with E-state index in [2.05, 4.69) is 50.8 Å². The summed E-state index contributed by atoms with van der Waals surface area (Å²) >= 11 is 1.70. The van der Waals surface area contributed by atoms with Crippen LogP contribution in [0, 0.1) is 0 Å². The number of piperazine rings is 1. The highest BCUT2D eigenvalue weighted by molar-refractivity contribution is 7.09. The third-order valence-corrected chi connectivity index (χ3v) is 7.17. The molecule has 4 aromatic rings. The Balaban J connectivity index is 1.36. The first-order valence-corrected chi connectivity index (χ1v) is 12.9. The molecule has 184 valence electrons. The van der Waals surface area contributed by atoms with Crippen molar-refractivity contribution >= 4 is 28.7 Å². The Morgan fingerprint density at radius 1 is 0.917 bits per heavy atom. The molecule has 0 saturated carbocycles. The van der Waals surface area contributed by atoms with Gasteiger partial charge in [0.1, 0.15) is 11.5 Å². The number of phenols is 1. The lowest BCUT2D eigenvalue weighted by atomic mass is 10.0. The van der Waals surface area contributed by atoms with Crippen LogP contribution in [-0.2, 0) is 6.54 Å². The summed E-state index contributed by atoms with van der Waals surface area (Å²) < 4.78 is 5.40. The number of benzene rings is 3. The molecule has 0 aliphatic carbocycles. The smallest absolute Gasteiger partial charge is 0.199 e. The average molecular weight is 499 g/mol. The topological polar surface area (TPSA) is 60.3 Å². The molecule has 0 radical (unpaired) electrons. The van der Waals surface area contributed by atoms with Gasteiger partial charge in [-0.05, 0) is 46.8 Å². The Labute approximate surface area is 216 Å². The number of methoxy groups -OCH3 is 1. The van der Waals surface area contributed by atoms with E-state index in [4.69, 9.17) is 9.73 Å². The monoisotopic (exact) mass is 498 g/mol. The largest absolute Gasteiger partial charge is 0.506 e. The quantitative estimate of drug-likeness (QED) is 0.196. The van der Waals surface area contributed by atoms with Crippen LogP contribution in [0.2, 0.25) is 0 Å². The summed E-state index contributed by atoms with van der Waals surface area (Å²) in [5.74, 6) is 1.84. The molecule has 1 aliphatic rings. The zero-order valence-corrected chi connectivity index (χ0v) is 21.1. The Morgan fingerprint density at radius 3 is 2.50 bits per heavy atom. The number of ether oxygens (including phenoxy) is 1. The number of aliphatic imine (C=N–C) groups is 1. The molecule has 0 spiro atoms. The molecule has 3 aromatic carbocycles. The summed E-state index contributed by atoms with van der Waals surface area (Å²) in [4.78, 5) is 10.8. The number of thiophene rings is 1. The van der Waals surface area contributed by atoms with Crippen molar-refractivity contribution in [2.45, 2.75) is 6.54 Å². The van der Waals surface area contributed by atoms with Gasteiger partial charge < -0.3 is 25.0 Å². The van der Waals surface area contributed by atoms with Crippen LogP contribution in [0.3, 0.4) is 0 Å². The van der Waals surface area contributed by atoms with Crippen molar-refractivity contribution in [3.8, 4) is 22.6 Å². The highest BCUT2D eigenvalue weighted by atomic mass is 32.1. The summed E-state index contributed by atoms with van der Waals surface area (Å²) in [7, 11) is 1.70. The maximum Gasteiger partial charge on any atom is 0.199 e. The molecule has 36 heavy (non-hydrogen) atoms. The van der Waals surface area contributed by atoms with Crippen LogP contribution in [0.5, 0.6) is 11.5 Å². The van der Waals surface area contributed by atoms with E-state index in [0.29, 0.717) is 12.2 Å². The lowest BCUT2D eigenvalue weighted by Gasteiger charge is -2.38. The van der Waals surface area contributed by atoms with Crippen LogP contribution >= 0.6 is 11.3 Å². The molecule has 0 bridgehead atoms. The maximum absolute atomic E-state index is 10.7. The van der Waals surface area contributed by atoms with Gasteiger partial charge in [-0.25, -0.2) is 4.99 Å². The fourth-order valence-corrected chi connectivity index (χ4v) is 4.95. The van der Waals surface area contributed by atoms with Crippen LogP contribution in [0.15, 0.2) is 95.3 Å². The van der Waals surface area contributed by atoms with E-state index in [9.17, 15) is 5.11 Å². The highest BCUT2D eigenvalue weighted by Gasteiger charge is 2.21. The minimum absolute atomic E-state index is 0.202. The number of rotatable bonds is 6. The fourth-order valence-electron chi connectivity index (χ4n) is 4.32.